The van der Waals surface area contributed by atoms with E-state index in [1.807, 2.05) is 0 Å². The molecule has 8 nitrogen and oxygen atoms in total. The van der Waals surface area contributed by atoms with E-state index in [0.29, 0.717) is 0 Å². The summed E-state index contributed by atoms with van der Waals surface area (Å²) < 4.78 is 47.8. The normalized spacial score (nSPS) is 12.5. The second-order valence-electron chi connectivity index (χ2n) is 4.99. The Morgan fingerprint density at radius 1 is 1.21 bits per heavy atom. The Hall–Kier alpha value is -3.55. The van der Waals surface area contributed by atoms with Gasteiger partial charge in [-0.15, -0.1) is 0 Å². The van der Waals surface area contributed by atoms with Gasteiger partial charge in [0.25, 0.3) is 0 Å². The number of hydrogen-bond acceptors (Lipinski definition) is 8. The Kier molecular flexibility index (Phi) is 8.00. The van der Waals surface area contributed by atoms with Crippen LogP contribution in [-0.2, 0) is 25.2 Å². The van der Waals surface area contributed by atoms with Crippen molar-refractivity contribution in [3.63, 3.8) is 0 Å². The van der Waals surface area contributed by atoms with Gasteiger partial charge < -0.3 is 15.2 Å². The van der Waals surface area contributed by atoms with Gasteiger partial charge in [0.1, 0.15) is 6.07 Å². The van der Waals surface area contributed by atoms with Gasteiger partial charge in [-0.05, 0) is 32.0 Å². The molecule has 0 saturated carbocycles. The number of nitrogens with one attached hydrogen (secondary N) is 1. The first-order valence-corrected chi connectivity index (χ1v) is 7.91. The molecule has 0 bridgehead atoms. The van der Waals surface area contributed by atoms with Crippen LogP contribution in [0.3, 0.4) is 0 Å². The van der Waals surface area contributed by atoms with E-state index in [-0.39, 0.29) is 18.9 Å². The molecule has 0 aliphatic carbocycles. The maximum absolute atomic E-state index is 12.8. The number of hydrogen-bond donors (Lipinski definition) is 2. The molecule has 0 fully saturated rings. The van der Waals surface area contributed by atoms with E-state index in [1.54, 1.807) is 0 Å². The van der Waals surface area contributed by atoms with Crippen LogP contribution in [0.15, 0.2) is 40.6 Å². The summed E-state index contributed by atoms with van der Waals surface area (Å²) in [6.45, 7) is 2.87. The Balaban J connectivity index is 3.34. The van der Waals surface area contributed by atoms with E-state index >= 15 is 0 Å². The van der Waals surface area contributed by atoms with Crippen LogP contribution in [0.1, 0.15) is 19.4 Å². The third-order valence-electron chi connectivity index (χ3n) is 3.07. The van der Waals surface area contributed by atoms with Crippen LogP contribution in [0.25, 0.3) is 0 Å². The minimum absolute atomic E-state index is 0.0499. The summed E-state index contributed by atoms with van der Waals surface area (Å²) in [6, 6.07) is 5.50. The number of carbonyl (C=O) groups excluding carboxylic acids is 2. The Morgan fingerprint density at radius 3 is 2.36 bits per heavy atom. The third-order valence-corrected chi connectivity index (χ3v) is 3.07. The molecule has 3 N–H and O–H groups in total. The van der Waals surface area contributed by atoms with Crippen LogP contribution < -0.4 is 11.2 Å². The van der Waals surface area contributed by atoms with Crippen LogP contribution >= 0.6 is 0 Å². The number of rotatable bonds is 7. The van der Waals surface area contributed by atoms with Gasteiger partial charge in [0, 0.05) is 0 Å². The Labute approximate surface area is 158 Å². The topological polar surface area (TPSA) is 127 Å². The molecule has 28 heavy (non-hydrogen) atoms. The Morgan fingerprint density at radius 2 is 1.82 bits per heavy atom. The molecule has 11 heteroatoms. The molecule has 0 saturated heterocycles. The number of nitrogens with zero attached hydrogens (tertiary/aromatic N) is 2. The molecule has 0 heterocycles. The molecule has 0 aliphatic heterocycles. The zero-order valence-corrected chi connectivity index (χ0v) is 15.0. The monoisotopic (exact) mass is 398 g/mol. The molecule has 1 aromatic carbocycles. The summed E-state index contributed by atoms with van der Waals surface area (Å²) in [5, 5.41) is 12.8. The summed E-state index contributed by atoms with van der Waals surface area (Å²) in [5.41, 5.74) is 4.89. The summed E-state index contributed by atoms with van der Waals surface area (Å²) in [4.78, 5) is 23.9. The van der Waals surface area contributed by atoms with Crippen LogP contribution in [0, 0.1) is 11.3 Å². The Bertz CT molecular complexity index is 842. The fourth-order valence-corrected chi connectivity index (χ4v) is 1.84. The number of anilines is 1. The second-order valence-corrected chi connectivity index (χ2v) is 4.99. The van der Waals surface area contributed by atoms with E-state index < -0.39 is 40.7 Å². The van der Waals surface area contributed by atoms with Gasteiger partial charge in [-0.25, -0.2) is 9.59 Å². The number of ether oxygens (including phenoxy) is 2. The average Bonchev–Trinajstić information content (AvgIpc) is 2.62. The van der Waals surface area contributed by atoms with Gasteiger partial charge in [0.05, 0.1) is 30.2 Å². The standard InChI is InChI=1S/C17H17F3N4O4/c1-3-27-15(25)12(9-21)13(22)14(16(26)28-4-2)24-23-11-7-5-6-10(8-11)17(18,19)20/h5-8,23H,3-4,22H2,1-2H3/b13-12-,24-14+. The first-order valence-electron chi connectivity index (χ1n) is 7.91. The number of alkyl halides is 3. The molecule has 1 rings (SSSR count). The first-order chi connectivity index (χ1) is 13.1. The predicted octanol–water partition coefficient (Wildman–Crippen LogP) is 2.34. The number of carbonyl (C=O) groups is 2. The van der Waals surface area contributed by atoms with Gasteiger partial charge in [0.15, 0.2) is 11.3 Å². The summed E-state index contributed by atoms with van der Waals surface area (Å²) >= 11 is 0. The maximum Gasteiger partial charge on any atom is 0.416 e. The van der Waals surface area contributed by atoms with Crippen molar-refractivity contribution in [1.82, 2.24) is 0 Å². The van der Waals surface area contributed by atoms with Crippen molar-refractivity contribution in [2.24, 2.45) is 10.8 Å². The summed E-state index contributed by atoms with van der Waals surface area (Å²) in [7, 11) is 0. The number of halogens is 3. The van der Waals surface area contributed by atoms with Crippen molar-refractivity contribution in [3.05, 3.63) is 41.1 Å². The maximum atomic E-state index is 12.8. The molecule has 0 amide bonds. The van der Waals surface area contributed by atoms with Crippen molar-refractivity contribution < 1.29 is 32.2 Å². The highest BCUT2D eigenvalue weighted by Gasteiger charge is 2.30. The number of nitrogens with two attached hydrogens (primary N) is 1. The van der Waals surface area contributed by atoms with E-state index in [1.165, 1.54) is 26.0 Å². The van der Waals surface area contributed by atoms with Crippen molar-refractivity contribution in [2.75, 3.05) is 18.6 Å². The lowest BCUT2D eigenvalue weighted by Crippen LogP contribution is -2.28. The highest BCUT2D eigenvalue weighted by atomic mass is 19.4. The van der Waals surface area contributed by atoms with Crippen molar-refractivity contribution in [2.45, 2.75) is 20.0 Å². The van der Waals surface area contributed by atoms with Gasteiger partial charge in [-0.3, -0.25) is 5.43 Å². The van der Waals surface area contributed by atoms with Crippen LogP contribution in [0.4, 0.5) is 18.9 Å². The minimum Gasteiger partial charge on any atom is -0.462 e. The molecule has 1 aromatic rings. The van der Waals surface area contributed by atoms with Crippen molar-refractivity contribution in [3.8, 4) is 6.07 Å². The number of benzene rings is 1. The quantitative estimate of drug-likeness (QED) is 0.237. The van der Waals surface area contributed by atoms with Crippen LogP contribution in [-0.4, -0.2) is 30.9 Å². The van der Waals surface area contributed by atoms with Gasteiger partial charge >= 0.3 is 18.1 Å². The molecule has 150 valence electrons. The summed E-state index contributed by atoms with van der Waals surface area (Å²) in [6.07, 6.45) is -4.58. The molecule has 0 atom stereocenters. The first kappa shape index (κ1) is 22.5. The van der Waals surface area contributed by atoms with E-state index in [9.17, 15) is 22.8 Å². The van der Waals surface area contributed by atoms with E-state index in [2.05, 4.69) is 15.3 Å². The van der Waals surface area contributed by atoms with Gasteiger partial charge in [0.2, 0.25) is 0 Å². The van der Waals surface area contributed by atoms with Crippen molar-refractivity contribution >= 4 is 23.3 Å². The minimum atomic E-state index is -4.58. The fourth-order valence-electron chi connectivity index (χ4n) is 1.84. The van der Waals surface area contributed by atoms with Gasteiger partial charge in [-0.2, -0.15) is 23.5 Å². The van der Waals surface area contributed by atoms with Gasteiger partial charge in [-0.1, -0.05) is 6.07 Å². The number of hydrazone groups is 1. The van der Waals surface area contributed by atoms with E-state index in [4.69, 9.17) is 15.7 Å². The lowest BCUT2D eigenvalue weighted by atomic mass is 10.1. The summed E-state index contributed by atoms with van der Waals surface area (Å²) in [5.74, 6) is -2.17. The zero-order chi connectivity index (χ0) is 21.3. The predicted molar refractivity (Wildman–Crippen MR) is 92.6 cm³/mol. The molecule has 0 radical (unpaired) electrons. The molecule has 0 unspecified atom stereocenters. The highest BCUT2D eigenvalue weighted by molar-refractivity contribution is 6.44. The third kappa shape index (κ3) is 6.01. The molecular weight excluding hydrogens is 381 g/mol. The molecule has 0 aliphatic rings. The number of esters is 2. The largest absolute Gasteiger partial charge is 0.462 e. The van der Waals surface area contributed by atoms with Crippen molar-refractivity contribution in [1.29, 1.82) is 5.26 Å². The molecule has 0 aromatic heterocycles. The number of nitriles is 1. The second kappa shape index (κ2) is 9.96. The smallest absolute Gasteiger partial charge is 0.416 e. The fraction of sp³-hybridized carbons (Fsp3) is 0.294. The zero-order valence-electron chi connectivity index (χ0n) is 15.0. The SMILES string of the molecule is CCOC(=O)/C(C#N)=C(N)/C(=N\Nc1cccc(C(F)(F)F)c1)C(=O)OCC. The highest BCUT2D eigenvalue weighted by Crippen LogP contribution is 2.30. The van der Waals surface area contributed by atoms with E-state index in [0.717, 1.165) is 18.2 Å². The van der Waals surface area contributed by atoms with Crippen LogP contribution in [0.2, 0.25) is 0 Å². The molecular formula is C17H17F3N4O4. The van der Waals surface area contributed by atoms with Crippen LogP contribution in [0.5, 0.6) is 0 Å². The lowest BCUT2D eigenvalue weighted by Gasteiger charge is -2.11. The molecule has 0 spiro atoms. The average molecular weight is 398 g/mol. The lowest BCUT2D eigenvalue weighted by molar-refractivity contribution is -0.138.